The van der Waals surface area contributed by atoms with Crippen LogP contribution in [0.15, 0.2) is 53.4 Å². The standard InChI is InChI=1S/C18H16ClN5O3S/c19-10-1-6-14-13(9-10)16-15(7-8-21-18(25)17(16)22-14)24-23-11-2-4-12(5-3-11)28(20,26)27/h1-7,9,22-24H,8H2,(H,21,25)(H2,20,26,27). The molecule has 1 aromatic heterocycles. The van der Waals surface area contributed by atoms with Gasteiger partial charge < -0.3 is 21.2 Å². The highest BCUT2D eigenvalue weighted by atomic mass is 35.5. The van der Waals surface area contributed by atoms with Gasteiger partial charge in [0.15, 0.2) is 0 Å². The minimum Gasteiger partial charge on any atom is -0.350 e. The molecule has 0 saturated carbocycles. The maximum absolute atomic E-state index is 12.4. The molecule has 0 aliphatic carbocycles. The van der Waals surface area contributed by atoms with Crippen LogP contribution in [0.25, 0.3) is 16.6 Å². The third-order valence-electron chi connectivity index (χ3n) is 4.35. The molecule has 2 heterocycles. The van der Waals surface area contributed by atoms with Gasteiger partial charge in [-0.1, -0.05) is 11.6 Å². The number of rotatable bonds is 4. The van der Waals surface area contributed by atoms with Gasteiger partial charge in [-0.3, -0.25) is 4.79 Å². The van der Waals surface area contributed by atoms with E-state index in [1.165, 1.54) is 12.1 Å². The zero-order chi connectivity index (χ0) is 19.9. The molecule has 10 heteroatoms. The third-order valence-corrected chi connectivity index (χ3v) is 5.51. The van der Waals surface area contributed by atoms with E-state index in [4.69, 9.17) is 16.7 Å². The van der Waals surface area contributed by atoms with Gasteiger partial charge in [0.25, 0.3) is 5.91 Å². The number of carbonyl (C=O) groups is 1. The Morgan fingerprint density at radius 1 is 1.07 bits per heavy atom. The van der Waals surface area contributed by atoms with Crippen LogP contribution in [0.3, 0.4) is 0 Å². The molecule has 0 spiro atoms. The molecule has 6 N–H and O–H groups in total. The zero-order valence-corrected chi connectivity index (χ0v) is 16.0. The first kappa shape index (κ1) is 18.4. The number of aromatic nitrogens is 1. The number of sulfonamides is 1. The molecule has 0 fully saturated rings. The average Bonchev–Trinajstić information content (AvgIpc) is 2.95. The lowest BCUT2D eigenvalue weighted by Gasteiger charge is -2.13. The Bertz CT molecular complexity index is 1220. The van der Waals surface area contributed by atoms with Crippen LogP contribution in [0, 0.1) is 0 Å². The molecule has 8 nitrogen and oxygen atoms in total. The maximum Gasteiger partial charge on any atom is 0.268 e. The van der Waals surface area contributed by atoms with Crippen molar-refractivity contribution in [1.82, 2.24) is 15.7 Å². The van der Waals surface area contributed by atoms with Crippen molar-refractivity contribution in [3.63, 3.8) is 0 Å². The third kappa shape index (κ3) is 3.42. The number of hydrazine groups is 1. The number of anilines is 1. The van der Waals surface area contributed by atoms with Crippen molar-refractivity contribution in [2.75, 3.05) is 12.0 Å². The van der Waals surface area contributed by atoms with Crippen molar-refractivity contribution in [2.24, 2.45) is 5.14 Å². The highest BCUT2D eigenvalue weighted by Gasteiger charge is 2.23. The smallest absolute Gasteiger partial charge is 0.268 e. The summed E-state index contributed by atoms with van der Waals surface area (Å²) in [5.41, 5.74) is 9.31. The summed E-state index contributed by atoms with van der Waals surface area (Å²) < 4.78 is 22.7. The van der Waals surface area contributed by atoms with Gasteiger partial charge in [0.05, 0.1) is 16.3 Å². The number of halogens is 1. The van der Waals surface area contributed by atoms with E-state index < -0.39 is 10.0 Å². The molecular weight excluding hydrogens is 402 g/mol. The van der Waals surface area contributed by atoms with Gasteiger partial charge in [-0.05, 0) is 48.5 Å². The SMILES string of the molecule is NS(=O)(=O)c1ccc(NNC2=CCNC(=O)c3[nH]c4ccc(Cl)cc4c32)cc1. The number of H-pyrrole nitrogens is 1. The Labute approximate surface area is 165 Å². The van der Waals surface area contributed by atoms with Crippen LogP contribution in [-0.2, 0) is 10.0 Å². The molecule has 1 aliphatic rings. The number of benzene rings is 2. The molecule has 2 aromatic carbocycles. The van der Waals surface area contributed by atoms with Crippen LogP contribution < -0.4 is 21.3 Å². The molecule has 28 heavy (non-hydrogen) atoms. The quantitative estimate of drug-likeness (QED) is 0.415. The van der Waals surface area contributed by atoms with Gasteiger partial charge in [0.1, 0.15) is 5.69 Å². The summed E-state index contributed by atoms with van der Waals surface area (Å²) >= 11 is 6.14. The topological polar surface area (TPSA) is 129 Å². The normalized spacial score (nSPS) is 14.1. The first-order valence-corrected chi connectivity index (χ1v) is 10.2. The predicted molar refractivity (Wildman–Crippen MR) is 108 cm³/mol. The van der Waals surface area contributed by atoms with Crippen LogP contribution >= 0.6 is 11.6 Å². The highest BCUT2D eigenvalue weighted by molar-refractivity contribution is 7.89. The number of hydrogen-bond donors (Lipinski definition) is 5. The van der Waals surface area contributed by atoms with E-state index in [2.05, 4.69) is 21.2 Å². The average molecular weight is 418 g/mol. The molecule has 4 rings (SSSR count). The summed E-state index contributed by atoms with van der Waals surface area (Å²) in [7, 11) is -3.75. The molecule has 3 aromatic rings. The van der Waals surface area contributed by atoms with E-state index >= 15 is 0 Å². The molecule has 0 unspecified atom stereocenters. The van der Waals surface area contributed by atoms with Crippen molar-refractivity contribution in [3.05, 3.63) is 64.8 Å². The van der Waals surface area contributed by atoms with Crippen LogP contribution in [0.2, 0.25) is 5.02 Å². The summed E-state index contributed by atoms with van der Waals surface area (Å²) in [5.74, 6) is -0.215. The fourth-order valence-corrected chi connectivity index (χ4v) is 3.72. The first-order valence-electron chi connectivity index (χ1n) is 8.28. The number of amides is 1. The van der Waals surface area contributed by atoms with E-state index in [1.807, 2.05) is 12.1 Å². The number of nitrogens with two attached hydrogens (primary N) is 1. The largest absolute Gasteiger partial charge is 0.350 e. The molecule has 0 bridgehead atoms. The number of fused-ring (bicyclic) bond motifs is 3. The lowest BCUT2D eigenvalue weighted by Crippen LogP contribution is -2.22. The minimum atomic E-state index is -3.75. The Morgan fingerprint density at radius 2 is 1.82 bits per heavy atom. The Balaban J connectivity index is 1.66. The summed E-state index contributed by atoms with van der Waals surface area (Å²) in [6.07, 6.45) is 1.84. The van der Waals surface area contributed by atoms with Crippen molar-refractivity contribution >= 4 is 49.8 Å². The van der Waals surface area contributed by atoms with E-state index in [1.54, 1.807) is 24.3 Å². The molecule has 0 atom stereocenters. The summed E-state index contributed by atoms with van der Waals surface area (Å²) in [6.45, 7) is 0.345. The Hall–Kier alpha value is -3.01. The molecular formula is C18H16ClN5O3S. The lowest BCUT2D eigenvalue weighted by molar-refractivity contribution is 0.0954. The molecule has 0 saturated heterocycles. The number of aromatic amines is 1. The van der Waals surface area contributed by atoms with Crippen LogP contribution in [0.4, 0.5) is 5.69 Å². The van der Waals surface area contributed by atoms with E-state index in [0.717, 1.165) is 10.9 Å². The van der Waals surface area contributed by atoms with Gasteiger partial charge in [-0.15, -0.1) is 0 Å². The second kappa shape index (κ2) is 6.86. The second-order valence-corrected chi connectivity index (χ2v) is 8.21. The first-order chi connectivity index (χ1) is 13.3. The van der Waals surface area contributed by atoms with Crippen molar-refractivity contribution in [1.29, 1.82) is 0 Å². The summed E-state index contributed by atoms with van der Waals surface area (Å²) in [6, 6.07) is 11.3. The van der Waals surface area contributed by atoms with Crippen LogP contribution in [-0.4, -0.2) is 25.9 Å². The number of primary sulfonamides is 1. The maximum atomic E-state index is 12.4. The lowest BCUT2D eigenvalue weighted by atomic mass is 10.1. The molecule has 1 amide bonds. The number of nitrogens with one attached hydrogen (secondary N) is 4. The fourth-order valence-electron chi connectivity index (χ4n) is 3.03. The number of carbonyl (C=O) groups excluding carboxylic acids is 1. The molecule has 144 valence electrons. The van der Waals surface area contributed by atoms with Gasteiger partial charge in [0, 0.05) is 28.0 Å². The van der Waals surface area contributed by atoms with Gasteiger partial charge >= 0.3 is 0 Å². The van der Waals surface area contributed by atoms with E-state index in [0.29, 0.717) is 34.2 Å². The summed E-state index contributed by atoms with van der Waals surface area (Å²) in [4.78, 5) is 15.5. The van der Waals surface area contributed by atoms with Gasteiger partial charge in [0.2, 0.25) is 10.0 Å². The van der Waals surface area contributed by atoms with Gasteiger partial charge in [-0.2, -0.15) is 0 Å². The Morgan fingerprint density at radius 3 is 2.54 bits per heavy atom. The van der Waals surface area contributed by atoms with Crippen LogP contribution in [0.5, 0.6) is 0 Å². The van der Waals surface area contributed by atoms with Crippen LogP contribution in [0.1, 0.15) is 16.1 Å². The number of hydrogen-bond acceptors (Lipinski definition) is 5. The summed E-state index contributed by atoms with van der Waals surface area (Å²) in [5, 5.41) is 9.28. The van der Waals surface area contributed by atoms with E-state index in [9.17, 15) is 13.2 Å². The fraction of sp³-hybridized carbons (Fsp3) is 0.0556. The predicted octanol–water partition coefficient (Wildman–Crippen LogP) is 2.17. The van der Waals surface area contributed by atoms with Crippen molar-refractivity contribution in [3.8, 4) is 0 Å². The molecule has 1 aliphatic heterocycles. The second-order valence-electron chi connectivity index (χ2n) is 6.21. The van der Waals surface area contributed by atoms with Crippen molar-refractivity contribution in [2.45, 2.75) is 4.90 Å². The highest BCUT2D eigenvalue weighted by Crippen LogP contribution is 2.31. The zero-order valence-electron chi connectivity index (χ0n) is 14.4. The Kier molecular flexibility index (Phi) is 4.50. The van der Waals surface area contributed by atoms with Crippen molar-refractivity contribution < 1.29 is 13.2 Å². The minimum absolute atomic E-state index is 0.0232. The van der Waals surface area contributed by atoms with Gasteiger partial charge in [-0.25, -0.2) is 13.6 Å². The van der Waals surface area contributed by atoms with E-state index in [-0.39, 0.29) is 10.8 Å². The molecule has 0 radical (unpaired) electrons. The monoisotopic (exact) mass is 417 g/mol.